The summed E-state index contributed by atoms with van der Waals surface area (Å²) in [6.45, 7) is 1.42. The van der Waals surface area contributed by atoms with Gasteiger partial charge < -0.3 is 15.5 Å². The molecule has 0 saturated heterocycles. The molecule has 1 aromatic carbocycles. The van der Waals surface area contributed by atoms with Crippen LogP contribution in [0.1, 0.15) is 6.92 Å². The second kappa shape index (κ2) is 3.78. The third kappa shape index (κ3) is 1.68. The van der Waals surface area contributed by atoms with Gasteiger partial charge in [-0.05, 0) is 13.0 Å². The molecule has 0 aliphatic carbocycles. The molecule has 0 spiro atoms. The van der Waals surface area contributed by atoms with Gasteiger partial charge >= 0.3 is 5.95 Å². The van der Waals surface area contributed by atoms with Gasteiger partial charge in [-0.25, -0.2) is 10.0 Å². The van der Waals surface area contributed by atoms with Crippen molar-refractivity contribution in [1.29, 1.82) is 0 Å². The number of hydrogen-bond donors (Lipinski definition) is 2. The van der Waals surface area contributed by atoms with E-state index in [9.17, 15) is 10.4 Å². The molecule has 1 aromatic heterocycles. The molecule has 0 aliphatic rings. The molecule has 0 fully saturated rings. The zero-order valence-corrected chi connectivity index (χ0v) is 8.49. The van der Waals surface area contributed by atoms with Crippen LogP contribution in [0, 0.1) is 10.4 Å². The fourth-order valence-electron chi connectivity index (χ4n) is 1.37. The first-order valence-corrected chi connectivity index (χ1v) is 4.66. The number of benzene rings is 1. The summed E-state index contributed by atoms with van der Waals surface area (Å²) in [6.07, 6.45) is -0.964. The number of aliphatic hydroxyl groups is 1. The molecule has 0 amide bonds. The lowest BCUT2D eigenvalue weighted by molar-refractivity contribution is -0.672. The number of nitrogens with zero attached hydrogens (tertiary/aromatic N) is 3. The number of rotatable bonds is 2. The third-order valence-corrected chi connectivity index (χ3v) is 2.02. The first-order valence-electron chi connectivity index (χ1n) is 4.66. The van der Waals surface area contributed by atoms with Gasteiger partial charge in [-0.3, -0.25) is 0 Å². The van der Waals surface area contributed by atoms with Gasteiger partial charge in [-0.2, -0.15) is 0 Å². The molecule has 2 rings (SSSR count). The fourth-order valence-corrected chi connectivity index (χ4v) is 1.37. The fraction of sp³-hybridized carbons (Fsp3) is 0.222. The largest absolute Gasteiger partial charge is 0.739 e. The van der Waals surface area contributed by atoms with E-state index in [0.717, 1.165) is 0 Å². The predicted octanol–water partition coefficient (Wildman–Crippen LogP) is -0.748. The number of para-hydroxylation sites is 2. The van der Waals surface area contributed by atoms with Gasteiger partial charge in [0, 0.05) is 10.9 Å². The Morgan fingerprint density at radius 1 is 1.31 bits per heavy atom. The average Bonchev–Trinajstić information content (AvgIpc) is 2.25. The van der Waals surface area contributed by atoms with Crippen LogP contribution in [0.15, 0.2) is 24.3 Å². The Morgan fingerprint density at radius 2 is 1.94 bits per heavy atom. The van der Waals surface area contributed by atoms with Gasteiger partial charge in [-0.15, -0.1) is 0 Å². The summed E-state index contributed by atoms with van der Waals surface area (Å²) in [5, 5.41) is 38.1. The molecular weight excluding hydrogens is 212 g/mol. The van der Waals surface area contributed by atoms with E-state index in [0.29, 0.717) is 9.58 Å². The highest BCUT2D eigenvalue weighted by atomic mass is 16.5. The van der Waals surface area contributed by atoms with Crippen LogP contribution in [0.2, 0.25) is 0 Å². The van der Waals surface area contributed by atoms with Crippen molar-refractivity contribution in [3.63, 3.8) is 0 Å². The number of aromatic nitrogens is 3. The molecule has 0 bridgehead atoms. The normalized spacial score (nSPS) is 12.6. The maximum absolute atomic E-state index is 11.7. The lowest BCUT2D eigenvalue weighted by Gasteiger charge is -2.10. The van der Waals surface area contributed by atoms with Gasteiger partial charge in [0.15, 0.2) is 11.7 Å². The van der Waals surface area contributed by atoms with Gasteiger partial charge in [0.05, 0.1) is 0 Å². The molecule has 0 saturated carbocycles. The maximum atomic E-state index is 11.7. The summed E-state index contributed by atoms with van der Waals surface area (Å²) >= 11 is 0. The Bertz CT molecular complexity index is 529. The molecule has 2 N–H and O–H groups in total. The van der Waals surface area contributed by atoms with E-state index in [2.05, 4.69) is 10.4 Å². The van der Waals surface area contributed by atoms with Crippen LogP contribution >= 0.6 is 0 Å². The zero-order valence-electron chi connectivity index (χ0n) is 8.49. The average molecular weight is 222 g/mol. The summed E-state index contributed by atoms with van der Waals surface area (Å²) < 4.78 is 0.469. The van der Waals surface area contributed by atoms with Crippen molar-refractivity contribution < 1.29 is 14.7 Å². The number of fused-ring (bicyclic) bond motifs is 1. The van der Waals surface area contributed by atoms with Crippen LogP contribution < -0.4 is 14.9 Å². The van der Waals surface area contributed by atoms with Crippen LogP contribution in [-0.4, -0.2) is 16.4 Å². The van der Waals surface area contributed by atoms with Crippen LogP contribution in [0.25, 0.3) is 11.0 Å². The van der Waals surface area contributed by atoms with Crippen LogP contribution in [0.3, 0.4) is 0 Å². The second-order valence-corrected chi connectivity index (χ2v) is 3.30. The molecular formula is C9H10N4O3. The Hall–Kier alpha value is -2.15. The van der Waals surface area contributed by atoms with Crippen molar-refractivity contribution >= 4 is 17.0 Å². The molecule has 0 radical (unpaired) electrons. The van der Waals surface area contributed by atoms with E-state index in [1.54, 1.807) is 12.1 Å². The van der Waals surface area contributed by atoms with Gasteiger partial charge in [-0.1, -0.05) is 12.1 Å². The highest BCUT2D eigenvalue weighted by Crippen LogP contribution is 2.05. The van der Waals surface area contributed by atoms with Gasteiger partial charge in [0.1, 0.15) is 0 Å². The first kappa shape index (κ1) is 10.4. The molecule has 1 heterocycles. The topological polar surface area (TPSA) is 99.0 Å². The van der Waals surface area contributed by atoms with Crippen molar-refractivity contribution in [2.24, 2.45) is 0 Å². The van der Waals surface area contributed by atoms with E-state index in [-0.39, 0.29) is 17.0 Å². The lowest BCUT2D eigenvalue weighted by atomic mass is 10.3. The third-order valence-electron chi connectivity index (χ3n) is 2.02. The summed E-state index contributed by atoms with van der Waals surface area (Å²) in [7, 11) is 0. The minimum Gasteiger partial charge on any atom is -0.739 e. The molecule has 1 unspecified atom stereocenters. The Kier molecular flexibility index (Phi) is 2.45. The standard InChI is InChI=1S/C9H10N4O3/c1-6(14)10-9-11-13(16)8-5-3-2-4-7(8)12(9)15/h2-6,14H,1H3,(H,10,11). The minimum atomic E-state index is -0.964. The lowest BCUT2D eigenvalue weighted by Crippen LogP contribution is -2.45. The smallest absolute Gasteiger partial charge is 0.463 e. The van der Waals surface area contributed by atoms with Crippen LogP contribution in [0.4, 0.5) is 5.95 Å². The molecule has 7 heteroatoms. The monoisotopic (exact) mass is 222 g/mol. The molecule has 0 aliphatic heterocycles. The molecule has 7 nitrogen and oxygen atoms in total. The number of nitrogens with one attached hydrogen (secondary N) is 1. The minimum absolute atomic E-state index is 0.175. The van der Waals surface area contributed by atoms with E-state index in [1.807, 2.05) is 0 Å². The van der Waals surface area contributed by atoms with Crippen molar-refractivity contribution in [3.8, 4) is 0 Å². The highest BCUT2D eigenvalue weighted by Gasteiger charge is 2.20. The van der Waals surface area contributed by atoms with Crippen molar-refractivity contribution in [2.75, 3.05) is 5.32 Å². The summed E-state index contributed by atoms with van der Waals surface area (Å²) in [6, 6.07) is 6.28. The number of hydrogen-bond acceptors (Lipinski definition) is 5. The molecule has 1 atom stereocenters. The highest BCUT2D eigenvalue weighted by molar-refractivity contribution is 5.67. The van der Waals surface area contributed by atoms with E-state index in [1.165, 1.54) is 19.1 Å². The Balaban J connectivity index is 2.65. The number of aliphatic hydroxyl groups excluding tert-OH is 1. The molecule has 16 heavy (non-hydrogen) atoms. The molecule has 84 valence electrons. The van der Waals surface area contributed by atoms with Crippen molar-refractivity contribution in [2.45, 2.75) is 13.2 Å². The van der Waals surface area contributed by atoms with Crippen LogP contribution in [-0.2, 0) is 0 Å². The van der Waals surface area contributed by atoms with Crippen molar-refractivity contribution in [1.82, 2.24) is 5.10 Å². The summed E-state index contributed by atoms with van der Waals surface area (Å²) in [5.41, 5.74) is 0.365. The Morgan fingerprint density at radius 3 is 2.56 bits per heavy atom. The first-order chi connectivity index (χ1) is 7.59. The SMILES string of the molecule is CC(O)Nc1n[n+]([O-])c2ccccc2[n+]1[O-]. The summed E-state index contributed by atoms with van der Waals surface area (Å²) in [4.78, 5) is 0.342. The van der Waals surface area contributed by atoms with Gasteiger partial charge in [0.2, 0.25) is 5.10 Å². The second-order valence-electron chi connectivity index (χ2n) is 3.30. The Labute approximate surface area is 90.7 Å². The maximum Gasteiger partial charge on any atom is 0.463 e. The number of anilines is 1. The van der Waals surface area contributed by atoms with Crippen molar-refractivity contribution in [3.05, 3.63) is 34.7 Å². The quantitative estimate of drug-likeness (QED) is 0.396. The zero-order chi connectivity index (χ0) is 11.7. The van der Waals surface area contributed by atoms with E-state index < -0.39 is 6.23 Å². The van der Waals surface area contributed by atoms with Gasteiger partial charge in [0.25, 0.3) is 5.52 Å². The molecule has 2 aromatic rings. The summed E-state index contributed by atoms with van der Waals surface area (Å²) in [5.74, 6) is -0.233. The van der Waals surface area contributed by atoms with E-state index in [4.69, 9.17) is 5.11 Å². The van der Waals surface area contributed by atoms with Crippen LogP contribution in [0.5, 0.6) is 0 Å². The van der Waals surface area contributed by atoms with E-state index >= 15 is 0 Å². The predicted molar refractivity (Wildman–Crippen MR) is 55.0 cm³/mol.